The molecule has 6 N–H and O–H groups in total. The van der Waals surface area contributed by atoms with Crippen LogP contribution in [0.2, 0.25) is 0 Å². The van der Waals surface area contributed by atoms with Crippen molar-refractivity contribution in [3.05, 3.63) is 0 Å². The summed E-state index contributed by atoms with van der Waals surface area (Å²) in [5.74, 6) is 0. The highest BCUT2D eigenvalue weighted by molar-refractivity contribution is 4.75. The normalized spacial score (nSPS) is 22.2. The molecule has 2 heterocycles. The van der Waals surface area contributed by atoms with E-state index in [1.165, 1.54) is 25.7 Å². The molecule has 0 aromatic heterocycles. The van der Waals surface area contributed by atoms with Crippen molar-refractivity contribution in [2.45, 2.75) is 37.8 Å². The van der Waals surface area contributed by atoms with E-state index in [1.807, 2.05) is 0 Å². The Hall–Kier alpha value is -0.240. The summed E-state index contributed by atoms with van der Waals surface area (Å²) in [4.78, 5) is 0. The first kappa shape index (κ1) is 16.1. The van der Waals surface area contributed by atoms with Gasteiger partial charge in [-0.2, -0.15) is 0 Å². The number of rotatable bonds is 9. The number of nitrogens with one attached hydrogen (secondary N) is 6. The van der Waals surface area contributed by atoms with Gasteiger partial charge in [0, 0.05) is 38.3 Å². The van der Waals surface area contributed by atoms with Crippen molar-refractivity contribution in [1.29, 1.82) is 0 Å². The molecule has 0 atom stereocenters. The first-order chi connectivity index (χ1) is 9.95. The molecule has 2 saturated heterocycles. The van der Waals surface area contributed by atoms with Crippen molar-refractivity contribution in [2.75, 3.05) is 52.4 Å². The molecular weight excluding hydrogens is 252 g/mol. The summed E-state index contributed by atoms with van der Waals surface area (Å²) < 4.78 is 0. The third kappa shape index (κ3) is 6.97. The molecular formula is C14H32N6. The van der Waals surface area contributed by atoms with Gasteiger partial charge in [-0.3, -0.25) is 10.9 Å². The van der Waals surface area contributed by atoms with Gasteiger partial charge in [0.25, 0.3) is 0 Å². The Morgan fingerprint density at radius 2 is 1.00 bits per heavy atom. The maximum absolute atomic E-state index is 3.60. The van der Waals surface area contributed by atoms with Crippen LogP contribution in [0.3, 0.4) is 0 Å². The Balaban J connectivity index is 1.33. The summed E-state index contributed by atoms with van der Waals surface area (Å²) in [6.45, 7) is 8.68. The zero-order valence-electron chi connectivity index (χ0n) is 12.6. The maximum atomic E-state index is 3.60. The van der Waals surface area contributed by atoms with E-state index < -0.39 is 0 Å². The molecule has 0 saturated carbocycles. The van der Waals surface area contributed by atoms with Gasteiger partial charge in [0.15, 0.2) is 0 Å². The molecule has 6 heteroatoms. The lowest BCUT2D eigenvalue weighted by atomic mass is 10.1. The van der Waals surface area contributed by atoms with Crippen molar-refractivity contribution in [2.24, 2.45) is 0 Å². The molecule has 0 bridgehead atoms. The van der Waals surface area contributed by atoms with Gasteiger partial charge in [0.1, 0.15) is 0 Å². The van der Waals surface area contributed by atoms with Gasteiger partial charge >= 0.3 is 0 Å². The van der Waals surface area contributed by atoms with Gasteiger partial charge in [-0.25, -0.2) is 0 Å². The highest BCUT2D eigenvalue weighted by Gasteiger charge is 2.11. The van der Waals surface area contributed by atoms with Crippen molar-refractivity contribution < 1.29 is 0 Å². The van der Waals surface area contributed by atoms with Crippen LogP contribution in [0.15, 0.2) is 0 Å². The van der Waals surface area contributed by atoms with E-state index in [0.717, 1.165) is 52.4 Å². The lowest BCUT2D eigenvalue weighted by Crippen LogP contribution is -2.46. The van der Waals surface area contributed by atoms with Crippen LogP contribution >= 0.6 is 0 Å². The Kier molecular flexibility index (Phi) is 8.46. The Bertz CT molecular complexity index is 202. The zero-order chi connectivity index (χ0) is 13.9. The summed E-state index contributed by atoms with van der Waals surface area (Å²) in [6.07, 6.45) is 5.03. The predicted molar refractivity (Wildman–Crippen MR) is 83.8 cm³/mol. The molecule has 0 unspecified atom stereocenters. The third-order valence-corrected chi connectivity index (χ3v) is 4.17. The SMILES string of the molecule is C1CC(NCCNNCCNC2CCNCC2)CCN1. The van der Waals surface area contributed by atoms with E-state index >= 15 is 0 Å². The topological polar surface area (TPSA) is 72.2 Å². The minimum Gasteiger partial charge on any atom is -0.317 e. The van der Waals surface area contributed by atoms with Crippen LogP contribution in [0, 0.1) is 0 Å². The average molecular weight is 284 g/mol. The Morgan fingerprint density at radius 3 is 1.40 bits per heavy atom. The molecule has 6 nitrogen and oxygen atoms in total. The average Bonchev–Trinajstić information content (AvgIpc) is 2.52. The molecule has 118 valence electrons. The predicted octanol–water partition coefficient (Wildman–Crippen LogP) is -1.24. The van der Waals surface area contributed by atoms with Crippen LogP contribution in [-0.2, 0) is 0 Å². The van der Waals surface area contributed by atoms with Crippen molar-refractivity contribution in [3.8, 4) is 0 Å². The fourth-order valence-electron chi connectivity index (χ4n) is 2.91. The summed E-state index contributed by atoms with van der Waals surface area (Å²) >= 11 is 0. The minimum absolute atomic E-state index is 0.708. The Labute approximate surface area is 123 Å². The first-order valence-electron chi connectivity index (χ1n) is 8.29. The van der Waals surface area contributed by atoms with Crippen LogP contribution in [0.4, 0.5) is 0 Å². The highest BCUT2D eigenvalue weighted by Crippen LogP contribution is 2.01. The van der Waals surface area contributed by atoms with Gasteiger partial charge in [-0.15, -0.1) is 0 Å². The van der Waals surface area contributed by atoms with Crippen molar-refractivity contribution in [3.63, 3.8) is 0 Å². The molecule has 20 heavy (non-hydrogen) atoms. The second-order valence-electron chi connectivity index (χ2n) is 5.81. The van der Waals surface area contributed by atoms with E-state index in [1.54, 1.807) is 0 Å². The second kappa shape index (κ2) is 10.5. The van der Waals surface area contributed by atoms with E-state index in [0.29, 0.717) is 12.1 Å². The summed E-state index contributed by atoms with van der Waals surface area (Å²) in [5, 5.41) is 14.0. The van der Waals surface area contributed by atoms with Gasteiger partial charge in [0.05, 0.1) is 0 Å². The van der Waals surface area contributed by atoms with Crippen molar-refractivity contribution in [1.82, 2.24) is 32.1 Å². The lowest BCUT2D eigenvalue weighted by molar-refractivity contribution is 0.371. The van der Waals surface area contributed by atoms with Crippen LogP contribution < -0.4 is 32.1 Å². The number of piperidine rings is 2. The van der Waals surface area contributed by atoms with Crippen molar-refractivity contribution >= 4 is 0 Å². The standard InChI is InChI=1S/C14H32N6/c1-5-15-6-2-13(1)17-9-11-19-20-12-10-18-14-3-7-16-8-4-14/h13-20H,1-12H2. The molecule has 0 radical (unpaired) electrons. The van der Waals surface area contributed by atoms with Crippen LogP contribution in [0.5, 0.6) is 0 Å². The maximum Gasteiger partial charge on any atom is 0.0225 e. The van der Waals surface area contributed by atoms with Gasteiger partial charge < -0.3 is 21.3 Å². The number of hydrogen-bond donors (Lipinski definition) is 6. The second-order valence-corrected chi connectivity index (χ2v) is 5.81. The molecule has 0 aromatic carbocycles. The molecule has 2 rings (SSSR count). The zero-order valence-corrected chi connectivity index (χ0v) is 12.6. The first-order valence-corrected chi connectivity index (χ1v) is 8.29. The molecule has 2 aliphatic heterocycles. The lowest BCUT2D eigenvalue weighted by Gasteiger charge is -2.24. The van der Waals surface area contributed by atoms with E-state index in [4.69, 9.17) is 0 Å². The molecule has 0 spiro atoms. The van der Waals surface area contributed by atoms with E-state index in [-0.39, 0.29) is 0 Å². The number of hydrogen-bond acceptors (Lipinski definition) is 6. The third-order valence-electron chi connectivity index (χ3n) is 4.17. The summed E-state index contributed by atoms with van der Waals surface area (Å²) in [5.41, 5.74) is 6.56. The smallest absolute Gasteiger partial charge is 0.0225 e. The van der Waals surface area contributed by atoms with Gasteiger partial charge in [-0.1, -0.05) is 0 Å². The van der Waals surface area contributed by atoms with Crippen LogP contribution in [-0.4, -0.2) is 64.4 Å². The number of hydrazine groups is 1. The largest absolute Gasteiger partial charge is 0.317 e. The van der Waals surface area contributed by atoms with E-state index in [2.05, 4.69) is 32.1 Å². The highest BCUT2D eigenvalue weighted by atomic mass is 15.4. The van der Waals surface area contributed by atoms with Gasteiger partial charge in [0.2, 0.25) is 0 Å². The molecule has 0 aliphatic carbocycles. The molecule has 0 amide bonds. The van der Waals surface area contributed by atoms with Crippen LogP contribution in [0.1, 0.15) is 25.7 Å². The molecule has 0 aromatic rings. The molecule has 2 aliphatic rings. The Morgan fingerprint density at radius 1 is 0.600 bits per heavy atom. The quantitative estimate of drug-likeness (QED) is 0.235. The van der Waals surface area contributed by atoms with Gasteiger partial charge in [-0.05, 0) is 51.9 Å². The monoisotopic (exact) mass is 284 g/mol. The fraction of sp³-hybridized carbons (Fsp3) is 1.00. The minimum atomic E-state index is 0.708. The van der Waals surface area contributed by atoms with E-state index in [9.17, 15) is 0 Å². The summed E-state index contributed by atoms with van der Waals surface area (Å²) in [7, 11) is 0. The van der Waals surface area contributed by atoms with Crippen LogP contribution in [0.25, 0.3) is 0 Å². The fourth-order valence-corrected chi connectivity index (χ4v) is 2.91. The molecule has 2 fully saturated rings. The summed E-state index contributed by atoms with van der Waals surface area (Å²) in [6, 6.07) is 1.42.